The Hall–Kier alpha value is -2.09. The van der Waals surface area contributed by atoms with Gasteiger partial charge >= 0.3 is 6.03 Å². The fraction of sp³-hybridized carbons (Fsp3) is 0.385. The zero-order valence-electron chi connectivity index (χ0n) is 11.8. The molecule has 0 bridgehead atoms. The van der Waals surface area contributed by atoms with Gasteiger partial charge in [0.15, 0.2) is 0 Å². The number of likely N-dealkylation sites (N-methyl/N-ethyl adjacent to an activating group) is 1. The Morgan fingerprint density at radius 1 is 1.29 bits per heavy atom. The first-order valence-electron chi connectivity index (χ1n) is 6.42. The summed E-state index contributed by atoms with van der Waals surface area (Å²) >= 11 is 0. The van der Waals surface area contributed by atoms with E-state index in [1.165, 1.54) is 17.0 Å². The molecule has 1 aromatic carbocycles. The van der Waals surface area contributed by atoms with Crippen molar-refractivity contribution in [2.24, 2.45) is 0 Å². The van der Waals surface area contributed by atoms with Gasteiger partial charge in [-0.3, -0.25) is 4.79 Å². The van der Waals surface area contributed by atoms with Crippen molar-refractivity contribution in [2.75, 3.05) is 13.6 Å². The van der Waals surface area contributed by atoms with Gasteiger partial charge in [0.2, 0.25) is 5.91 Å². The normalized spacial score (nSPS) is 18.7. The number of aryl methyl sites for hydroxylation is 1. The van der Waals surface area contributed by atoms with Crippen LogP contribution in [0.5, 0.6) is 0 Å². The van der Waals surface area contributed by atoms with Gasteiger partial charge in [-0.05, 0) is 19.1 Å². The molecule has 1 atom stereocenters. The van der Waals surface area contributed by atoms with Crippen molar-refractivity contribution in [1.29, 1.82) is 0 Å². The average molecular weight is 311 g/mol. The molecule has 0 radical (unpaired) electrons. The highest BCUT2D eigenvalue weighted by Gasteiger charge is 2.29. The average Bonchev–Trinajstić information content (AvgIpc) is 2.67. The van der Waals surface area contributed by atoms with Crippen molar-refractivity contribution in [3.05, 3.63) is 29.8 Å². The van der Waals surface area contributed by atoms with Gasteiger partial charge in [-0.1, -0.05) is 17.7 Å². The van der Waals surface area contributed by atoms with E-state index in [0.29, 0.717) is 6.54 Å². The van der Waals surface area contributed by atoms with E-state index in [-0.39, 0.29) is 23.3 Å². The van der Waals surface area contributed by atoms with Crippen LogP contribution in [0, 0.1) is 6.92 Å². The van der Waals surface area contributed by atoms with E-state index >= 15 is 0 Å². The monoisotopic (exact) mass is 311 g/mol. The molecule has 1 unspecified atom stereocenters. The van der Waals surface area contributed by atoms with Crippen LogP contribution in [0.25, 0.3) is 0 Å². The minimum absolute atomic E-state index is 0.0165. The van der Waals surface area contributed by atoms with Crippen molar-refractivity contribution in [1.82, 2.24) is 14.9 Å². The van der Waals surface area contributed by atoms with E-state index in [4.69, 9.17) is 0 Å². The number of nitrogens with one attached hydrogen (secondary N) is 2. The Morgan fingerprint density at radius 3 is 2.43 bits per heavy atom. The Kier molecular flexibility index (Phi) is 4.17. The van der Waals surface area contributed by atoms with E-state index in [0.717, 1.165) is 5.56 Å². The summed E-state index contributed by atoms with van der Waals surface area (Å²) < 4.78 is 26.0. The molecule has 1 heterocycles. The van der Waals surface area contributed by atoms with Gasteiger partial charge in [-0.2, -0.15) is 0 Å². The van der Waals surface area contributed by atoms with Gasteiger partial charge in [0.1, 0.15) is 0 Å². The lowest BCUT2D eigenvalue weighted by atomic mass is 10.2. The van der Waals surface area contributed by atoms with Crippen molar-refractivity contribution < 1.29 is 18.0 Å². The molecule has 2 rings (SSSR count). The van der Waals surface area contributed by atoms with Crippen molar-refractivity contribution in [2.45, 2.75) is 24.3 Å². The van der Waals surface area contributed by atoms with Gasteiger partial charge < -0.3 is 10.2 Å². The van der Waals surface area contributed by atoms with Crippen molar-refractivity contribution >= 4 is 22.0 Å². The Balaban J connectivity index is 1.99. The maximum Gasteiger partial charge on any atom is 0.328 e. The van der Waals surface area contributed by atoms with Crippen LogP contribution in [-0.4, -0.2) is 44.9 Å². The first kappa shape index (κ1) is 15.3. The number of likely N-dealkylation sites (tertiary alicyclic amines) is 1. The SMILES string of the molecule is Cc1ccc(S(=O)(=O)NC(=O)NC2CC(=O)N(C)C2)cc1. The summed E-state index contributed by atoms with van der Waals surface area (Å²) in [7, 11) is -2.28. The smallest absolute Gasteiger partial charge is 0.328 e. The summed E-state index contributed by atoms with van der Waals surface area (Å²) in [5.74, 6) is -0.0818. The quantitative estimate of drug-likeness (QED) is 0.834. The van der Waals surface area contributed by atoms with Crippen LogP contribution in [0.1, 0.15) is 12.0 Å². The Labute approximate surface area is 123 Å². The van der Waals surface area contributed by atoms with Gasteiger partial charge in [0, 0.05) is 20.0 Å². The molecule has 114 valence electrons. The van der Waals surface area contributed by atoms with Crippen molar-refractivity contribution in [3.63, 3.8) is 0 Å². The molecule has 8 heteroatoms. The van der Waals surface area contributed by atoms with Gasteiger partial charge in [-0.15, -0.1) is 0 Å². The summed E-state index contributed by atoms with van der Waals surface area (Å²) in [6.07, 6.45) is 0.175. The molecule has 7 nitrogen and oxygen atoms in total. The van der Waals surface area contributed by atoms with Gasteiger partial charge in [0.25, 0.3) is 10.0 Å². The second kappa shape index (κ2) is 5.72. The highest BCUT2D eigenvalue weighted by molar-refractivity contribution is 7.90. The second-order valence-electron chi connectivity index (χ2n) is 5.07. The first-order chi connectivity index (χ1) is 9.78. The molecule has 3 amide bonds. The molecular weight excluding hydrogens is 294 g/mol. The predicted octanol–water partition coefficient (Wildman–Crippen LogP) is 0.214. The van der Waals surface area contributed by atoms with Crippen LogP contribution in [0.4, 0.5) is 4.79 Å². The lowest BCUT2D eigenvalue weighted by Gasteiger charge is -2.13. The molecule has 0 spiro atoms. The largest absolute Gasteiger partial charge is 0.344 e. The highest BCUT2D eigenvalue weighted by atomic mass is 32.2. The first-order valence-corrected chi connectivity index (χ1v) is 7.90. The highest BCUT2D eigenvalue weighted by Crippen LogP contribution is 2.11. The molecule has 21 heavy (non-hydrogen) atoms. The number of hydrogen-bond donors (Lipinski definition) is 2. The summed E-state index contributed by atoms with van der Waals surface area (Å²) in [6.45, 7) is 2.21. The maximum atomic E-state index is 12.0. The predicted molar refractivity (Wildman–Crippen MR) is 76.1 cm³/mol. The van der Waals surface area contributed by atoms with E-state index in [9.17, 15) is 18.0 Å². The molecule has 1 fully saturated rings. The fourth-order valence-corrected chi connectivity index (χ4v) is 2.99. The van der Waals surface area contributed by atoms with Gasteiger partial charge in [0.05, 0.1) is 10.9 Å². The third-order valence-corrected chi connectivity index (χ3v) is 4.58. The zero-order chi connectivity index (χ0) is 15.6. The molecule has 0 aliphatic carbocycles. The minimum atomic E-state index is -3.91. The Morgan fingerprint density at radius 2 is 1.90 bits per heavy atom. The number of nitrogens with zero attached hydrogens (tertiary/aromatic N) is 1. The third kappa shape index (κ3) is 3.72. The molecule has 0 aromatic heterocycles. The topological polar surface area (TPSA) is 95.6 Å². The third-order valence-electron chi connectivity index (χ3n) is 3.23. The number of benzene rings is 1. The molecule has 2 N–H and O–H groups in total. The molecule has 1 aliphatic rings. The van der Waals surface area contributed by atoms with Crippen LogP contribution in [0.3, 0.4) is 0 Å². The number of carbonyl (C=O) groups excluding carboxylic acids is 2. The molecule has 0 saturated carbocycles. The van der Waals surface area contributed by atoms with E-state index in [2.05, 4.69) is 5.32 Å². The maximum absolute atomic E-state index is 12.0. The van der Waals surface area contributed by atoms with Crippen LogP contribution >= 0.6 is 0 Å². The second-order valence-corrected chi connectivity index (χ2v) is 6.75. The number of urea groups is 1. The van der Waals surface area contributed by atoms with Crippen molar-refractivity contribution in [3.8, 4) is 0 Å². The van der Waals surface area contributed by atoms with Crippen LogP contribution in [0.2, 0.25) is 0 Å². The molecule has 1 aromatic rings. The molecule has 1 saturated heterocycles. The number of amides is 3. The van der Waals surface area contributed by atoms with Crippen LogP contribution < -0.4 is 10.0 Å². The summed E-state index contributed by atoms with van der Waals surface area (Å²) in [5, 5.41) is 2.49. The fourth-order valence-electron chi connectivity index (χ4n) is 2.07. The number of hydrogen-bond acceptors (Lipinski definition) is 4. The number of sulfonamides is 1. The van der Waals surface area contributed by atoms with E-state index < -0.39 is 16.1 Å². The van der Waals surface area contributed by atoms with E-state index in [1.54, 1.807) is 19.2 Å². The minimum Gasteiger partial charge on any atom is -0.344 e. The summed E-state index contributed by atoms with van der Waals surface area (Å²) in [5.41, 5.74) is 0.922. The standard InChI is InChI=1S/C13H17N3O4S/c1-9-3-5-11(6-4-9)21(19,20)15-13(18)14-10-7-12(17)16(2)8-10/h3-6,10H,7-8H2,1-2H3,(H2,14,15,18). The van der Waals surface area contributed by atoms with Crippen LogP contribution in [-0.2, 0) is 14.8 Å². The number of rotatable bonds is 3. The number of carbonyl (C=O) groups is 2. The lowest BCUT2D eigenvalue weighted by molar-refractivity contribution is -0.126. The lowest BCUT2D eigenvalue weighted by Crippen LogP contribution is -2.45. The van der Waals surface area contributed by atoms with E-state index in [1.807, 2.05) is 11.6 Å². The molecular formula is C13H17N3O4S. The van der Waals surface area contributed by atoms with Crippen LogP contribution in [0.15, 0.2) is 29.2 Å². The molecule has 1 aliphatic heterocycles. The zero-order valence-corrected chi connectivity index (χ0v) is 12.6. The summed E-state index contributed by atoms with van der Waals surface area (Å²) in [6, 6.07) is 4.95. The van der Waals surface area contributed by atoms with Gasteiger partial charge in [-0.25, -0.2) is 17.9 Å². The Bertz CT molecular complexity index is 654. The summed E-state index contributed by atoms with van der Waals surface area (Å²) in [4.78, 5) is 24.6.